The molecule has 0 aliphatic rings. The lowest BCUT2D eigenvalue weighted by Crippen LogP contribution is -2.35. The van der Waals surface area contributed by atoms with Gasteiger partial charge >= 0.3 is 15.3 Å². The summed E-state index contributed by atoms with van der Waals surface area (Å²) in [5.74, 6) is 0. The Morgan fingerprint density at radius 3 is 2.50 bits per heavy atom. The lowest BCUT2D eigenvalue weighted by atomic mass is 10.3. The molecule has 0 bridgehead atoms. The van der Waals surface area contributed by atoms with Crippen molar-refractivity contribution in [2.45, 2.75) is 20.0 Å². The number of carbonyl (C=O) groups excluding carboxylic acids is 1. The Bertz CT molecular complexity index is 630. The average Bonchev–Trinajstić information content (AvgIpc) is 2.26. The van der Waals surface area contributed by atoms with Crippen LogP contribution in [0.4, 0.5) is 16.2 Å². The molecule has 0 fully saturated rings. The van der Waals surface area contributed by atoms with E-state index in [9.17, 15) is 23.3 Å². The van der Waals surface area contributed by atoms with Crippen molar-refractivity contribution in [2.75, 3.05) is 4.31 Å². The van der Waals surface area contributed by atoms with E-state index in [4.69, 9.17) is 15.4 Å². The monoisotopic (exact) mass is 322 g/mol. The maximum atomic E-state index is 11.8. The number of rotatable bonds is 4. The van der Waals surface area contributed by atoms with Gasteiger partial charge in [0.2, 0.25) is 0 Å². The summed E-state index contributed by atoms with van der Waals surface area (Å²) in [4.78, 5) is 21.7. The maximum Gasteiger partial charge on any atom is 0.429 e. The van der Waals surface area contributed by atoms with E-state index in [0.29, 0.717) is 0 Å². The molecule has 0 saturated carbocycles. The molecule has 0 aromatic heterocycles. The van der Waals surface area contributed by atoms with Crippen LogP contribution in [0, 0.1) is 10.1 Å². The third-order valence-electron chi connectivity index (χ3n) is 2.00. The molecule has 1 rings (SSSR count). The third-order valence-corrected chi connectivity index (χ3v) is 3.21. The van der Waals surface area contributed by atoms with Crippen molar-refractivity contribution in [3.05, 3.63) is 34.4 Å². The van der Waals surface area contributed by atoms with Crippen molar-refractivity contribution in [2.24, 2.45) is 0 Å². The highest BCUT2D eigenvalue weighted by atomic mass is 35.7. The van der Waals surface area contributed by atoms with Crippen molar-refractivity contribution in [3.8, 4) is 0 Å². The number of hydrogen-bond acceptors (Lipinski definition) is 6. The number of amides is 1. The summed E-state index contributed by atoms with van der Waals surface area (Å²) in [6.07, 6.45) is -1.82. The number of carbonyl (C=O) groups is 1. The first-order valence-corrected chi connectivity index (χ1v) is 7.59. The molecule has 10 heteroatoms. The summed E-state index contributed by atoms with van der Waals surface area (Å²) in [5, 5.41) is 10.7. The van der Waals surface area contributed by atoms with Gasteiger partial charge in [0, 0.05) is 22.8 Å². The van der Waals surface area contributed by atoms with E-state index in [1.165, 1.54) is 26.0 Å². The van der Waals surface area contributed by atoms with Crippen LogP contribution in [0.1, 0.15) is 13.8 Å². The Kier molecular flexibility index (Phi) is 4.90. The smallest absolute Gasteiger partial charge is 0.429 e. The van der Waals surface area contributed by atoms with Crippen LogP contribution in [0.15, 0.2) is 24.3 Å². The molecular formula is C10H11ClN2O6S. The number of non-ortho nitro benzene ring substituents is 1. The van der Waals surface area contributed by atoms with Gasteiger partial charge in [-0.05, 0) is 19.9 Å². The molecule has 0 spiro atoms. The van der Waals surface area contributed by atoms with E-state index in [1.54, 1.807) is 0 Å². The minimum Gasteiger partial charge on any atom is -0.446 e. The number of nitro groups is 1. The number of nitro benzene ring substituents is 1. The molecule has 0 N–H and O–H groups in total. The van der Waals surface area contributed by atoms with E-state index in [1.807, 2.05) is 0 Å². The fourth-order valence-electron chi connectivity index (χ4n) is 1.30. The predicted octanol–water partition coefficient (Wildman–Crippen LogP) is 2.43. The molecule has 0 saturated heterocycles. The van der Waals surface area contributed by atoms with E-state index < -0.39 is 26.4 Å². The summed E-state index contributed by atoms with van der Waals surface area (Å²) in [6.45, 7) is 3.04. The van der Waals surface area contributed by atoms with Crippen molar-refractivity contribution in [3.63, 3.8) is 0 Å². The highest BCUT2D eigenvalue weighted by Gasteiger charge is 2.30. The Hall–Kier alpha value is -1.87. The SMILES string of the molecule is CC(C)OC(=O)N(c1cccc([N+](=O)[O-])c1)S(=O)(=O)Cl. The van der Waals surface area contributed by atoms with Crippen LogP contribution in [0.3, 0.4) is 0 Å². The zero-order chi connectivity index (χ0) is 15.5. The largest absolute Gasteiger partial charge is 0.446 e. The molecule has 20 heavy (non-hydrogen) atoms. The van der Waals surface area contributed by atoms with Crippen molar-refractivity contribution >= 4 is 37.4 Å². The molecule has 0 aliphatic carbocycles. The molecule has 1 aromatic carbocycles. The molecule has 1 amide bonds. The van der Waals surface area contributed by atoms with Gasteiger partial charge in [0.05, 0.1) is 16.7 Å². The molecule has 110 valence electrons. The third kappa shape index (κ3) is 4.07. The highest BCUT2D eigenvalue weighted by molar-refractivity contribution is 8.15. The summed E-state index contributed by atoms with van der Waals surface area (Å²) >= 11 is 0. The zero-order valence-corrected chi connectivity index (χ0v) is 12.1. The first-order chi connectivity index (χ1) is 9.12. The van der Waals surface area contributed by atoms with Gasteiger partial charge in [-0.2, -0.15) is 12.7 Å². The Morgan fingerprint density at radius 2 is 2.05 bits per heavy atom. The molecule has 0 heterocycles. The lowest BCUT2D eigenvalue weighted by molar-refractivity contribution is -0.384. The fraction of sp³-hybridized carbons (Fsp3) is 0.300. The number of halogens is 1. The summed E-state index contributed by atoms with van der Waals surface area (Å²) in [7, 11) is 0.675. The topological polar surface area (TPSA) is 107 Å². The minimum absolute atomic E-state index is 0.154. The van der Waals surface area contributed by atoms with Crippen molar-refractivity contribution < 1.29 is 22.9 Å². The van der Waals surface area contributed by atoms with Crippen LogP contribution >= 0.6 is 10.7 Å². The zero-order valence-electron chi connectivity index (χ0n) is 10.5. The van der Waals surface area contributed by atoms with Gasteiger partial charge in [-0.25, -0.2) is 4.79 Å². The van der Waals surface area contributed by atoms with Crippen LogP contribution in [0.5, 0.6) is 0 Å². The molecule has 1 aromatic rings. The van der Waals surface area contributed by atoms with Gasteiger partial charge in [-0.1, -0.05) is 6.07 Å². The lowest BCUT2D eigenvalue weighted by Gasteiger charge is -2.19. The first kappa shape index (κ1) is 16.2. The quantitative estimate of drug-likeness (QED) is 0.478. The van der Waals surface area contributed by atoms with E-state index in [2.05, 4.69) is 0 Å². The molecule has 0 aliphatic heterocycles. The van der Waals surface area contributed by atoms with Gasteiger partial charge in [0.15, 0.2) is 0 Å². The Morgan fingerprint density at radius 1 is 1.45 bits per heavy atom. The second-order valence-corrected chi connectivity index (χ2v) is 6.28. The van der Waals surface area contributed by atoms with Gasteiger partial charge < -0.3 is 4.74 Å². The second-order valence-electron chi connectivity index (χ2n) is 3.92. The van der Waals surface area contributed by atoms with E-state index in [-0.39, 0.29) is 15.7 Å². The average molecular weight is 323 g/mol. The summed E-state index contributed by atoms with van der Waals surface area (Å²) < 4.78 is 27.8. The second kappa shape index (κ2) is 6.06. The molecule has 0 radical (unpaired) electrons. The molecule has 0 unspecified atom stereocenters. The predicted molar refractivity (Wildman–Crippen MR) is 72.0 cm³/mol. The van der Waals surface area contributed by atoms with Crippen LogP contribution in [0.2, 0.25) is 0 Å². The van der Waals surface area contributed by atoms with Gasteiger partial charge in [-0.3, -0.25) is 10.1 Å². The van der Waals surface area contributed by atoms with Gasteiger partial charge in [0.25, 0.3) is 5.69 Å². The number of benzene rings is 1. The standard InChI is InChI=1S/C10H11ClN2O6S/c1-7(2)19-10(14)12(20(11,17)18)8-4-3-5-9(6-8)13(15)16/h3-7H,1-2H3. The van der Waals surface area contributed by atoms with E-state index in [0.717, 1.165) is 12.1 Å². The molecular weight excluding hydrogens is 312 g/mol. The number of hydrogen-bond donors (Lipinski definition) is 0. The maximum absolute atomic E-state index is 11.8. The summed E-state index contributed by atoms with van der Waals surface area (Å²) in [5.41, 5.74) is -0.662. The van der Waals surface area contributed by atoms with Crippen LogP contribution in [-0.4, -0.2) is 25.5 Å². The minimum atomic E-state index is -4.50. The molecule has 0 atom stereocenters. The number of anilines is 1. The summed E-state index contributed by atoms with van der Waals surface area (Å²) in [6, 6.07) is 4.47. The van der Waals surface area contributed by atoms with Crippen molar-refractivity contribution in [1.82, 2.24) is 0 Å². The van der Waals surface area contributed by atoms with E-state index >= 15 is 0 Å². The van der Waals surface area contributed by atoms with Crippen LogP contribution in [-0.2, 0) is 14.0 Å². The van der Waals surface area contributed by atoms with Crippen LogP contribution in [0.25, 0.3) is 0 Å². The Labute approximate surface area is 119 Å². The fourth-order valence-corrected chi connectivity index (χ4v) is 2.30. The van der Waals surface area contributed by atoms with Crippen LogP contribution < -0.4 is 4.31 Å². The number of nitrogens with zero attached hydrogens (tertiary/aromatic N) is 2. The Balaban J connectivity index is 3.29. The van der Waals surface area contributed by atoms with Gasteiger partial charge in [0.1, 0.15) is 0 Å². The molecule has 8 nitrogen and oxygen atoms in total. The first-order valence-electron chi connectivity index (χ1n) is 5.33. The normalized spacial score (nSPS) is 11.2. The highest BCUT2D eigenvalue weighted by Crippen LogP contribution is 2.26. The van der Waals surface area contributed by atoms with Crippen molar-refractivity contribution in [1.29, 1.82) is 0 Å². The van der Waals surface area contributed by atoms with Gasteiger partial charge in [-0.15, -0.1) is 0 Å². The number of ether oxygens (including phenoxy) is 1.